The summed E-state index contributed by atoms with van der Waals surface area (Å²) < 4.78 is 0. The van der Waals surface area contributed by atoms with Gasteiger partial charge in [-0.15, -0.1) is 0 Å². The summed E-state index contributed by atoms with van der Waals surface area (Å²) >= 11 is 0. The van der Waals surface area contributed by atoms with Gasteiger partial charge in [0, 0.05) is 39.1 Å². The number of nitrogens with zero attached hydrogens (tertiary/aromatic N) is 2. The molecule has 0 aromatic carbocycles. The van der Waals surface area contributed by atoms with Gasteiger partial charge in [0.25, 0.3) is 0 Å². The lowest BCUT2D eigenvalue weighted by Crippen LogP contribution is -2.48. The van der Waals surface area contributed by atoms with E-state index in [0.717, 1.165) is 58.0 Å². The van der Waals surface area contributed by atoms with Crippen LogP contribution in [0.15, 0.2) is 0 Å². The fourth-order valence-corrected chi connectivity index (χ4v) is 3.45. The smallest absolute Gasteiger partial charge is 0.217 e. The summed E-state index contributed by atoms with van der Waals surface area (Å²) in [6.07, 6.45) is 4.25. The molecule has 0 saturated carbocycles. The van der Waals surface area contributed by atoms with Crippen molar-refractivity contribution >= 4 is 5.91 Å². The van der Waals surface area contributed by atoms with E-state index in [1.54, 1.807) is 6.92 Å². The van der Waals surface area contributed by atoms with Crippen molar-refractivity contribution in [3.63, 3.8) is 0 Å². The Balaban J connectivity index is 1.62. The molecule has 0 aromatic rings. The van der Waals surface area contributed by atoms with Gasteiger partial charge in [-0.1, -0.05) is 6.92 Å². The summed E-state index contributed by atoms with van der Waals surface area (Å²) in [5, 5.41) is 13.3. The van der Waals surface area contributed by atoms with Crippen molar-refractivity contribution < 1.29 is 9.90 Å². The van der Waals surface area contributed by atoms with Crippen molar-refractivity contribution in [3.8, 4) is 0 Å². The lowest BCUT2D eigenvalue weighted by atomic mass is 9.99. The average molecular weight is 297 g/mol. The van der Waals surface area contributed by atoms with Crippen molar-refractivity contribution in [1.29, 1.82) is 0 Å². The van der Waals surface area contributed by atoms with Crippen LogP contribution in [0, 0.1) is 5.92 Å². The fourth-order valence-electron chi connectivity index (χ4n) is 3.45. The molecule has 2 aliphatic heterocycles. The van der Waals surface area contributed by atoms with Crippen molar-refractivity contribution in [2.45, 2.75) is 51.7 Å². The van der Waals surface area contributed by atoms with Crippen LogP contribution >= 0.6 is 0 Å². The molecule has 1 atom stereocenters. The molecule has 0 bridgehead atoms. The topological polar surface area (TPSA) is 55.8 Å². The van der Waals surface area contributed by atoms with Gasteiger partial charge in [0.05, 0.1) is 6.10 Å². The maximum absolute atomic E-state index is 11.0. The molecule has 2 heterocycles. The minimum absolute atomic E-state index is 0.0628. The first-order valence-electron chi connectivity index (χ1n) is 8.43. The van der Waals surface area contributed by atoms with Gasteiger partial charge in [-0.2, -0.15) is 0 Å². The van der Waals surface area contributed by atoms with Gasteiger partial charge in [0.15, 0.2) is 0 Å². The maximum atomic E-state index is 11.0. The molecular weight excluding hydrogens is 266 g/mol. The summed E-state index contributed by atoms with van der Waals surface area (Å²) in [6.45, 7) is 9.66. The van der Waals surface area contributed by atoms with E-state index >= 15 is 0 Å². The molecule has 2 saturated heterocycles. The second-order valence-corrected chi connectivity index (χ2v) is 6.91. The molecule has 5 nitrogen and oxygen atoms in total. The Hall–Kier alpha value is -0.650. The van der Waals surface area contributed by atoms with E-state index in [1.165, 1.54) is 12.8 Å². The Morgan fingerprint density at radius 2 is 1.57 bits per heavy atom. The molecule has 5 heteroatoms. The van der Waals surface area contributed by atoms with Gasteiger partial charge in [-0.25, -0.2) is 0 Å². The number of hydrogen-bond acceptors (Lipinski definition) is 4. The average Bonchev–Trinajstić information content (AvgIpc) is 2.43. The number of β-amino-alcohol motifs (C(OH)–C–C–N with tert-alkyl or cyclic N) is 1. The zero-order chi connectivity index (χ0) is 15.2. The molecule has 0 radical (unpaired) electrons. The molecule has 122 valence electrons. The highest BCUT2D eigenvalue weighted by atomic mass is 16.3. The third kappa shape index (κ3) is 5.93. The molecule has 2 fully saturated rings. The van der Waals surface area contributed by atoms with E-state index in [1.807, 2.05) is 0 Å². The first kappa shape index (κ1) is 16.7. The second-order valence-electron chi connectivity index (χ2n) is 6.91. The number of hydrogen-bond donors (Lipinski definition) is 2. The Morgan fingerprint density at radius 3 is 2.05 bits per heavy atom. The number of amides is 1. The summed E-state index contributed by atoms with van der Waals surface area (Å²) in [5.41, 5.74) is 0. The van der Waals surface area contributed by atoms with Crippen LogP contribution in [-0.2, 0) is 4.79 Å². The number of carbonyl (C=O) groups is 1. The number of rotatable bonds is 5. The van der Waals surface area contributed by atoms with E-state index in [4.69, 9.17) is 0 Å². The van der Waals surface area contributed by atoms with Gasteiger partial charge in [-0.05, 0) is 44.7 Å². The van der Waals surface area contributed by atoms with Gasteiger partial charge in [0.1, 0.15) is 0 Å². The Kier molecular flexibility index (Phi) is 6.45. The van der Waals surface area contributed by atoms with Gasteiger partial charge < -0.3 is 20.2 Å². The van der Waals surface area contributed by atoms with Crippen molar-refractivity contribution in [2.24, 2.45) is 5.92 Å². The van der Waals surface area contributed by atoms with Gasteiger partial charge >= 0.3 is 0 Å². The van der Waals surface area contributed by atoms with E-state index in [-0.39, 0.29) is 12.0 Å². The van der Waals surface area contributed by atoms with Crippen molar-refractivity contribution in [3.05, 3.63) is 0 Å². The summed E-state index contributed by atoms with van der Waals surface area (Å²) in [4.78, 5) is 15.8. The second kappa shape index (κ2) is 8.11. The number of likely N-dealkylation sites (tertiary alicyclic amines) is 2. The molecule has 21 heavy (non-hydrogen) atoms. The largest absolute Gasteiger partial charge is 0.390 e. The maximum Gasteiger partial charge on any atom is 0.217 e. The predicted octanol–water partition coefficient (Wildman–Crippen LogP) is 0.680. The third-order valence-corrected chi connectivity index (χ3v) is 4.81. The number of piperidine rings is 2. The van der Waals surface area contributed by atoms with Crippen molar-refractivity contribution in [1.82, 2.24) is 15.1 Å². The van der Waals surface area contributed by atoms with E-state index < -0.39 is 0 Å². The van der Waals surface area contributed by atoms with Crippen molar-refractivity contribution in [2.75, 3.05) is 39.3 Å². The lowest BCUT2D eigenvalue weighted by Gasteiger charge is -2.35. The van der Waals surface area contributed by atoms with Crippen LogP contribution in [0.4, 0.5) is 0 Å². The summed E-state index contributed by atoms with van der Waals surface area (Å²) in [5.74, 6) is 0.902. The lowest BCUT2D eigenvalue weighted by molar-refractivity contribution is -0.120. The minimum Gasteiger partial charge on any atom is -0.390 e. The molecule has 2 N–H and O–H groups in total. The molecule has 1 amide bonds. The van der Waals surface area contributed by atoms with Crippen LogP contribution < -0.4 is 5.32 Å². The molecular formula is C16H31N3O2. The fraction of sp³-hybridized carbons (Fsp3) is 0.938. The summed E-state index contributed by atoms with van der Waals surface area (Å²) in [6, 6.07) is 0.319. The number of aliphatic hydroxyl groups excluding tert-OH is 1. The zero-order valence-electron chi connectivity index (χ0n) is 13.6. The molecule has 0 aromatic heterocycles. The highest BCUT2D eigenvalue weighted by Gasteiger charge is 2.23. The predicted molar refractivity (Wildman–Crippen MR) is 84.1 cm³/mol. The highest BCUT2D eigenvalue weighted by molar-refractivity contribution is 5.73. The number of aliphatic hydroxyl groups is 1. The Labute approximate surface area is 128 Å². The zero-order valence-corrected chi connectivity index (χ0v) is 13.6. The molecule has 0 aliphatic carbocycles. The van der Waals surface area contributed by atoms with Gasteiger partial charge in [-0.3, -0.25) is 4.79 Å². The molecule has 0 spiro atoms. The SMILES string of the molecule is CC(=O)NC1CCN(CC(O)CN2CCC(C)CC2)CC1. The van der Waals surface area contributed by atoms with E-state index in [2.05, 4.69) is 22.0 Å². The van der Waals surface area contributed by atoms with E-state index in [0.29, 0.717) is 6.04 Å². The number of nitrogens with one attached hydrogen (secondary N) is 1. The first-order valence-corrected chi connectivity index (χ1v) is 8.43. The number of carbonyl (C=O) groups excluding carboxylic acids is 1. The van der Waals surface area contributed by atoms with Crippen LogP contribution in [0.1, 0.15) is 39.5 Å². The Bertz CT molecular complexity index is 321. The monoisotopic (exact) mass is 297 g/mol. The molecule has 2 aliphatic rings. The van der Waals surface area contributed by atoms with Crippen LogP contribution in [0.25, 0.3) is 0 Å². The first-order chi connectivity index (χ1) is 10.0. The van der Waals surface area contributed by atoms with Crippen LogP contribution in [-0.4, -0.2) is 72.2 Å². The quantitative estimate of drug-likeness (QED) is 0.783. The third-order valence-electron chi connectivity index (χ3n) is 4.81. The van der Waals surface area contributed by atoms with Crippen LogP contribution in [0.5, 0.6) is 0 Å². The minimum atomic E-state index is -0.254. The summed E-state index contributed by atoms with van der Waals surface area (Å²) in [7, 11) is 0. The van der Waals surface area contributed by atoms with Gasteiger partial charge in [0.2, 0.25) is 5.91 Å². The van der Waals surface area contributed by atoms with E-state index in [9.17, 15) is 9.90 Å². The highest BCUT2D eigenvalue weighted by Crippen LogP contribution is 2.16. The standard InChI is InChI=1S/C16H31N3O2/c1-13-3-7-18(8-4-13)11-16(21)12-19-9-5-15(6-10-19)17-14(2)20/h13,15-16,21H,3-12H2,1-2H3,(H,17,20). The Morgan fingerprint density at radius 1 is 1.10 bits per heavy atom. The molecule has 1 unspecified atom stereocenters. The van der Waals surface area contributed by atoms with Crippen LogP contribution in [0.3, 0.4) is 0 Å². The van der Waals surface area contributed by atoms with Crippen LogP contribution in [0.2, 0.25) is 0 Å². The normalized spacial score (nSPS) is 24.9. The molecule has 2 rings (SSSR count).